The lowest BCUT2D eigenvalue weighted by Crippen LogP contribution is -3.00. The van der Waals surface area contributed by atoms with Crippen LogP contribution in [-0.2, 0) is 14.8 Å². The number of quaternary nitrogens is 1. The number of hydrogen-bond acceptors (Lipinski definition) is 4. The van der Waals surface area contributed by atoms with E-state index in [1.807, 2.05) is 13.8 Å². The lowest BCUT2D eigenvalue weighted by Gasteiger charge is -2.38. The van der Waals surface area contributed by atoms with E-state index < -0.39 is 10.0 Å². The molecule has 0 heterocycles. The zero-order chi connectivity index (χ0) is 21.4. The van der Waals surface area contributed by atoms with Crippen molar-refractivity contribution >= 4 is 22.1 Å². The minimum absolute atomic E-state index is 0. The fourth-order valence-electron chi connectivity index (χ4n) is 3.44. The fourth-order valence-corrected chi connectivity index (χ4v) is 4.70. The summed E-state index contributed by atoms with van der Waals surface area (Å²) >= 11 is 0. The predicted octanol–water partition coefficient (Wildman–Crippen LogP) is -1.03. The van der Waals surface area contributed by atoms with Gasteiger partial charge in [-0.05, 0) is 58.2 Å². The summed E-state index contributed by atoms with van der Waals surface area (Å²) in [6.07, 6.45) is 2.63. The molecule has 9 heteroatoms. The summed E-state index contributed by atoms with van der Waals surface area (Å²) in [7, 11) is -2.00. The van der Waals surface area contributed by atoms with E-state index in [9.17, 15) is 13.2 Å². The molecule has 7 nitrogen and oxygen atoms in total. The number of carbonyl (C=O) groups is 1. The zero-order valence-corrected chi connectivity index (χ0v) is 19.9. The molecule has 1 atom stereocenters. The van der Waals surface area contributed by atoms with Gasteiger partial charge in [0.25, 0.3) is 0 Å². The minimum atomic E-state index is -3.62. The predicted molar refractivity (Wildman–Crippen MR) is 114 cm³/mol. The van der Waals surface area contributed by atoms with Gasteiger partial charge < -0.3 is 27.9 Å². The summed E-state index contributed by atoms with van der Waals surface area (Å²) in [6.45, 7) is 12.2. The number of anilines is 1. The maximum absolute atomic E-state index is 12.9. The Balaban J connectivity index is 0.00000784. The van der Waals surface area contributed by atoms with E-state index in [0.717, 1.165) is 55.5 Å². The highest BCUT2D eigenvalue weighted by atomic mass is 35.5. The van der Waals surface area contributed by atoms with E-state index in [1.54, 1.807) is 25.2 Å². The quantitative estimate of drug-likeness (QED) is 0.229. The molecule has 1 amide bonds. The van der Waals surface area contributed by atoms with Crippen LogP contribution < -0.4 is 23.5 Å². The molecule has 29 heavy (non-hydrogen) atoms. The number of nitrogens with zero attached hydrogens (tertiary/aromatic N) is 2. The van der Waals surface area contributed by atoms with Crippen LogP contribution in [0.2, 0.25) is 0 Å². The molecule has 0 aliphatic rings. The van der Waals surface area contributed by atoms with Gasteiger partial charge in [0.05, 0.1) is 38.4 Å². The number of aryl methyl sites for hydroxylation is 1. The monoisotopic (exact) mass is 448 g/mol. The number of amides is 1. The van der Waals surface area contributed by atoms with Gasteiger partial charge in [-0.1, -0.05) is 6.07 Å². The van der Waals surface area contributed by atoms with Gasteiger partial charge in [0.1, 0.15) is 4.90 Å². The lowest BCUT2D eigenvalue weighted by molar-refractivity contribution is -0.924. The molecule has 1 unspecified atom stereocenters. The second-order valence-corrected chi connectivity index (χ2v) is 9.63. The van der Waals surface area contributed by atoms with Crippen molar-refractivity contribution in [1.82, 2.24) is 9.62 Å². The molecule has 0 aliphatic heterocycles. The number of carbonyl (C=O) groups excluding carboxylic acids is 1. The molecule has 0 fully saturated rings. The molecule has 0 radical (unpaired) electrons. The molecule has 0 bridgehead atoms. The Morgan fingerprint density at radius 2 is 1.86 bits per heavy atom. The molecule has 0 aliphatic carbocycles. The van der Waals surface area contributed by atoms with Crippen LogP contribution in [0.25, 0.3) is 0 Å². The number of nitrogen functional groups attached to an aromatic ring is 1. The molecule has 0 saturated carbocycles. The van der Waals surface area contributed by atoms with Crippen molar-refractivity contribution in [3.05, 3.63) is 23.8 Å². The number of likely N-dealkylation sites (N-methyl/N-ethyl adjacent to an activating group) is 2. The molecule has 0 aromatic heterocycles. The first-order valence-corrected chi connectivity index (χ1v) is 11.4. The Hall–Kier alpha value is -1.35. The highest BCUT2D eigenvalue weighted by Gasteiger charge is 2.28. The summed E-state index contributed by atoms with van der Waals surface area (Å²) in [5.41, 5.74) is 7.18. The SMILES string of the molecule is CC[N+](CC)(CCCC(C)NC=O)CCN(C)S(=O)(=O)c1ccc(C)cc1N.[Cl-]. The molecule has 1 rings (SSSR count). The number of rotatable bonds is 13. The van der Waals surface area contributed by atoms with Gasteiger partial charge in [0.2, 0.25) is 16.4 Å². The van der Waals surface area contributed by atoms with Crippen LogP contribution in [-0.4, -0.2) is 69.4 Å². The molecule has 168 valence electrons. The molecular formula is C20H37ClN4O3S. The van der Waals surface area contributed by atoms with Crippen LogP contribution >= 0.6 is 0 Å². The number of sulfonamides is 1. The second-order valence-electron chi connectivity index (χ2n) is 7.62. The minimum Gasteiger partial charge on any atom is -1.00 e. The molecule has 0 spiro atoms. The Labute approximate surface area is 182 Å². The topological polar surface area (TPSA) is 92.5 Å². The van der Waals surface area contributed by atoms with Crippen LogP contribution in [0.5, 0.6) is 0 Å². The smallest absolute Gasteiger partial charge is 0.245 e. The average Bonchev–Trinajstić information content (AvgIpc) is 2.64. The summed E-state index contributed by atoms with van der Waals surface area (Å²) in [5, 5.41) is 2.78. The van der Waals surface area contributed by atoms with Crippen molar-refractivity contribution < 1.29 is 30.1 Å². The van der Waals surface area contributed by atoms with E-state index >= 15 is 0 Å². The van der Waals surface area contributed by atoms with Gasteiger partial charge in [-0.2, -0.15) is 4.31 Å². The Kier molecular flexibility index (Phi) is 11.8. The number of nitrogens with one attached hydrogen (secondary N) is 1. The van der Waals surface area contributed by atoms with Gasteiger partial charge in [0.15, 0.2) is 0 Å². The first-order chi connectivity index (χ1) is 13.1. The van der Waals surface area contributed by atoms with Crippen LogP contribution in [0.3, 0.4) is 0 Å². The summed E-state index contributed by atoms with van der Waals surface area (Å²) in [4.78, 5) is 10.7. The van der Waals surface area contributed by atoms with Gasteiger partial charge >= 0.3 is 0 Å². The van der Waals surface area contributed by atoms with E-state index in [0.29, 0.717) is 6.54 Å². The fraction of sp³-hybridized carbons (Fsp3) is 0.650. The third-order valence-corrected chi connectivity index (χ3v) is 7.64. The van der Waals surface area contributed by atoms with E-state index in [2.05, 4.69) is 19.2 Å². The largest absolute Gasteiger partial charge is 1.00 e. The summed E-state index contributed by atoms with van der Waals surface area (Å²) in [5.74, 6) is 0. The molecule has 1 aromatic rings. The molecule has 1 aromatic carbocycles. The van der Waals surface area contributed by atoms with Gasteiger partial charge in [0, 0.05) is 13.1 Å². The van der Waals surface area contributed by atoms with E-state index in [1.165, 1.54) is 4.31 Å². The zero-order valence-electron chi connectivity index (χ0n) is 18.3. The van der Waals surface area contributed by atoms with Crippen molar-refractivity contribution in [2.75, 3.05) is 45.5 Å². The maximum Gasteiger partial charge on any atom is 0.245 e. The van der Waals surface area contributed by atoms with Crippen LogP contribution in [0, 0.1) is 6.92 Å². The Bertz CT molecular complexity index is 739. The Morgan fingerprint density at radius 1 is 1.24 bits per heavy atom. The van der Waals surface area contributed by atoms with Crippen molar-refractivity contribution in [3.63, 3.8) is 0 Å². The van der Waals surface area contributed by atoms with Crippen LogP contribution in [0.15, 0.2) is 23.1 Å². The van der Waals surface area contributed by atoms with Crippen molar-refractivity contribution in [1.29, 1.82) is 0 Å². The third kappa shape index (κ3) is 7.77. The summed E-state index contributed by atoms with van der Waals surface area (Å²) in [6, 6.07) is 5.19. The highest BCUT2D eigenvalue weighted by Crippen LogP contribution is 2.23. The number of benzene rings is 1. The molecule has 3 N–H and O–H groups in total. The van der Waals surface area contributed by atoms with Gasteiger partial charge in [-0.25, -0.2) is 8.42 Å². The van der Waals surface area contributed by atoms with Gasteiger partial charge in [-0.3, -0.25) is 4.79 Å². The summed E-state index contributed by atoms with van der Waals surface area (Å²) < 4.78 is 28.1. The van der Waals surface area contributed by atoms with E-state index in [-0.39, 0.29) is 29.0 Å². The third-order valence-electron chi connectivity index (χ3n) is 5.71. The number of hydrogen-bond donors (Lipinski definition) is 2. The number of nitrogens with two attached hydrogens (primary N) is 1. The van der Waals surface area contributed by atoms with Crippen molar-refractivity contribution in [2.24, 2.45) is 0 Å². The van der Waals surface area contributed by atoms with Crippen LogP contribution in [0.1, 0.15) is 39.2 Å². The average molecular weight is 449 g/mol. The van der Waals surface area contributed by atoms with Crippen LogP contribution in [0.4, 0.5) is 5.69 Å². The van der Waals surface area contributed by atoms with Gasteiger partial charge in [-0.15, -0.1) is 0 Å². The van der Waals surface area contributed by atoms with Crippen molar-refractivity contribution in [3.8, 4) is 0 Å². The lowest BCUT2D eigenvalue weighted by atomic mass is 10.1. The molecule has 0 saturated heterocycles. The first kappa shape index (κ1) is 27.6. The molecular weight excluding hydrogens is 412 g/mol. The standard InChI is InChI=1S/C20H36N4O3S.ClH/c1-6-24(7-2,13-8-9-18(4)22-16-25)14-12-23(5)28(26,27)20-11-10-17(3)15-19(20)21;/h10-11,15-16,18H,6-9,12-14,21H2,1-5H3;1H. The normalized spacial score (nSPS) is 13.0. The van der Waals surface area contributed by atoms with Crippen molar-refractivity contribution in [2.45, 2.75) is 51.5 Å². The Morgan fingerprint density at radius 3 is 2.38 bits per heavy atom. The highest BCUT2D eigenvalue weighted by molar-refractivity contribution is 7.89. The second kappa shape index (κ2) is 12.4. The van der Waals surface area contributed by atoms with E-state index in [4.69, 9.17) is 5.73 Å². The number of halogens is 1. The first-order valence-electron chi connectivity index (χ1n) is 9.99. The maximum atomic E-state index is 12.9.